The van der Waals surface area contributed by atoms with Crippen LogP contribution in [0.3, 0.4) is 0 Å². The second kappa shape index (κ2) is 6.26. The van der Waals surface area contributed by atoms with E-state index in [1.54, 1.807) is 18.2 Å². The molecule has 1 atom stereocenters. The summed E-state index contributed by atoms with van der Waals surface area (Å²) in [5.41, 5.74) is -1.36. The van der Waals surface area contributed by atoms with E-state index in [1.807, 2.05) is 20.8 Å². The molecule has 1 saturated heterocycles. The number of piperidine rings is 1. The van der Waals surface area contributed by atoms with Crippen molar-refractivity contribution in [2.75, 3.05) is 13.1 Å². The number of aliphatic hydroxyl groups is 1. The zero-order valence-corrected chi connectivity index (χ0v) is 14.5. The van der Waals surface area contributed by atoms with E-state index in [9.17, 15) is 9.90 Å². The summed E-state index contributed by atoms with van der Waals surface area (Å²) in [6.45, 7) is 6.09. The number of halogens is 2. The summed E-state index contributed by atoms with van der Waals surface area (Å²) in [5, 5.41) is 11.8. The molecule has 1 N–H and O–H groups in total. The number of carbonyl (C=O) groups excluding carboxylic acids is 1. The Balaban J connectivity index is 2.24. The third-order valence-corrected chi connectivity index (χ3v) is 4.18. The molecule has 0 aromatic heterocycles. The number of hydrogen-bond donors (Lipinski definition) is 1. The number of benzene rings is 1. The molecule has 1 aromatic rings. The number of hydrogen-bond acceptors (Lipinski definition) is 3. The molecule has 1 heterocycles. The van der Waals surface area contributed by atoms with Crippen molar-refractivity contribution in [2.24, 2.45) is 0 Å². The van der Waals surface area contributed by atoms with Gasteiger partial charge in [-0.1, -0.05) is 29.3 Å². The van der Waals surface area contributed by atoms with Crippen LogP contribution in [0.15, 0.2) is 18.2 Å². The van der Waals surface area contributed by atoms with Crippen molar-refractivity contribution in [3.05, 3.63) is 33.8 Å². The van der Waals surface area contributed by atoms with Crippen molar-refractivity contribution in [1.82, 2.24) is 4.90 Å². The predicted octanol–water partition coefficient (Wildman–Crippen LogP) is 4.21. The van der Waals surface area contributed by atoms with Crippen LogP contribution in [-0.4, -0.2) is 34.8 Å². The molecular weight excluding hydrogens is 325 g/mol. The molecule has 1 aliphatic heterocycles. The molecule has 0 spiro atoms. The summed E-state index contributed by atoms with van der Waals surface area (Å²) in [6.07, 6.45) is 0.710. The van der Waals surface area contributed by atoms with Crippen LogP contribution in [0.5, 0.6) is 0 Å². The summed E-state index contributed by atoms with van der Waals surface area (Å²) in [5.74, 6) is 0. The highest BCUT2D eigenvalue weighted by molar-refractivity contribution is 6.36. The molecule has 0 aliphatic carbocycles. The van der Waals surface area contributed by atoms with Gasteiger partial charge in [0, 0.05) is 22.2 Å². The molecule has 0 bridgehead atoms. The van der Waals surface area contributed by atoms with Gasteiger partial charge in [-0.2, -0.15) is 0 Å². The van der Waals surface area contributed by atoms with Crippen LogP contribution in [0.2, 0.25) is 10.0 Å². The van der Waals surface area contributed by atoms with Crippen molar-refractivity contribution >= 4 is 29.3 Å². The van der Waals surface area contributed by atoms with E-state index in [0.717, 1.165) is 0 Å². The van der Waals surface area contributed by atoms with E-state index in [1.165, 1.54) is 4.90 Å². The Hall–Kier alpha value is -0.970. The Morgan fingerprint density at radius 1 is 1.32 bits per heavy atom. The maximum atomic E-state index is 12.2. The van der Waals surface area contributed by atoms with Crippen LogP contribution in [0, 0.1) is 0 Å². The zero-order chi connectivity index (χ0) is 16.5. The summed E-state index contributed by atoms with van der Waals surface area (Å²) < 4.78 is 5.38. The van der Waals surface area contributed by atoms with E-state index < -0.39 is 17.3 Å². The normalized spacial score (nSPS) is 22.5. The standard InChI is InChI=1S/C16H21Cl2NO3/c1-15(2,3)22-14(20)19-9-5-8-16(21,10-19)13-11(17)6-4-7-12(13)18/h4,6-7,21H,5,8-10H2,1-3H3. The van der Waals surface area contributed by atoms with Crippen LogP contribution in [0.4, 0.5) is 4.79 Å². The van der Waals surface area contributed by atoms with Crippen molar-refractivity contribution < 1.29 is 14.6 Å². The average Bonchev–Trinajstić information content (AvgIpc) is 2.36. The van der Waals surface area contributed by atoms with Gasteiger partial charge in [0.25, 0.3) is 0 Å². The minimum atomic E-state index is -1.26. The maximum absolute atomic E-state index is 12.2. The highest BCUT2D eigenvalue weighted by Gasteiger charge is 2.40. The van der Waals surface area contributed by atoms with E-state index in [-0.39, 0.29) is 6.54 Å². The Bertz CT molecular complexity index is 551. The van der Waals surface area contributed by atoms with Crippen LogP contribution in [-0.2, 0) is 10.3 Å². The molecule has 4 nitrogen and oxygen atoms in total. The predicted molar refractivity (Wildman–Crippen MR) is 87.4 cm³/mol. The molecule has 1 fully saturated rings. The highest BCUT2D eigenvalue weighted by Crippen LogP contribution is 2.40. The lowest BCUT2D eigenvalue weighted by Crippen LogP contribution is -2.50. The molecule has 1 amide bonds. The summed E-state index contributed by atoms with van der Waals surface area (Å²) in [7, 11) is 0. The van der Waals surface area contributed by atoms with Crippen molar-refractivity contribution in [2.45, 2.75) is 44.8 Å². The van der Waals surface area contributed by atoms with Crippen LogP contribution in [0.25, 0.3) is 0 Å². The number of likely N-dealkylation sites (tertiary alicyclic amines) is 1. The molecular formula is C16H21Cl2NO3. The summed E-state index contributed by atoms with van der Waals surface area (Å²) in [4.78, 5) is 13.7. The van der Waals surface area contributed by atoms with Gasteiger partial charge in [0.05, 0.1) is 6.54 Å². The van der Waals surface area contributed by atoms with Gasteiger partial charge < -0.3 is 14.7 Å². The monoisotopic (exact) mass is 345 g/mol. The first-order valence-electron chi connectivity index (χ1n) is 7.27. The highest BCUT2D eigenvalue weighted by atomic mass is 35.5. The van der Waals surface area contributed by atoms with Crippen LogP contribution < -0.4 is 0 Å². The van der Waals surface area contributed by atoms with Gasteiger partial charge in [0.15, 0.2) is 0 Å². The van der Waals surface area contributed by atoms with Gasteiger partial charge in [-0.15, -0.1) is 0 Å². The number of nitrogens with zero attached hydrogens (tertiary/aromatic N) is 1. The molecule has 22 heavy (non-hydrogen) atoms. The third-order valence-electron chi connectivity index (χ3n) is 3.55. The lowest BCUT2D eigenvalue weighted by molar-refractivity contribution is -0.0464. The Morgan fingerprint density at radius 2 is 1.91 bits per heavy atom. The first-order valence-corrected chi connectivity index (χ1v) is 8.03. The molecule has 2 rings (SSSR count). The smallest absolute Gasteiger partial charge is 0.410 e. The van der Waals surface area contributed by atoms with E-state index >= 15 is 0 Å². The van der Waals surface area contributed by atoms with E-state index in [4.69, 9.17) is 27.9 Å². The van der Waals surface area contributed by atoms with Crippen molar-refractivity contribution in [3.63, 3.8) is 0 Å². The molecule has 122 valence electrons. The van der Waals surface area contributed by atoms with Gasteiger partial charge in [0.2, 0.25) is 0 Å². The Labute approximate surface area is 141 Å². The molecule has 6 heteroatoms. The topological polar surface area (TPSA) is 49.8 Å². The first kappa shape index (κ1) is 17.4. The number of amides is 1. The molecule has 1 aliphatic rings. The number of β-amino-alcohol motifs (C(OH)–C–C–N with tert-alkyl or cyclic N) is 1. The fourth-order valence-electron chi connectivity index (χ4n) is 2.66. The summed E-state index contributed by atoms with van der Waals surface area (Å²) >= 11 is 12.4. The number of carbonyl (C=O) groups is 1. The van der Waals surface area contributed by atoms with Gasteiger partial charge >= 0.3 is 6.09 Å². The second-order valence-corrected chi connectivity index (χ2v) is 7.45. The van der Waals surface area contributed by atoms with E-state index in [0.29, 0.717) is 35.0 Å². The van der Waals surface area contributed by atoms with Crippen molar-refractivity contribution in [3.8, 4) is 0 Å². The fourth-order valence-corrected chi connectivity index (χ4v) is 3.41. The molecule has 1 aromatic carbocycles. The first-order chi connectivity index (χ1) is 10.1. The van der Waals surface area contributed by atoms with Gasteiger partial charge in [-0.05, 0) is 45.7 Å². The lowest BCUT2D eigenvalue weighted by Gasteiger charge is -2.40. The third kappa shape index (κ3) is 3.86. The van der Waals surface area contributed by atoms with Crippen molar-refractivity contribution in [1.29, 1.82) is 0 Å². The fraction of sp³-hybridized carbons (Fsp3) is 0.562. The maximum Gasteiger partial charge on any atom is 0.410 e. The van der Waals surface area contributed by atoms with Gasteiger partial charge in [0.1, 0.15) is 11.2 Å². The number of rotatable bonds is 1. The molecule has 0 saturated carbocycles. The Morgan fingerprint density at radius 3 is 2.45 bits per heavy atom. The minimum absolute atomic E-state index is 0.116. The SMILES string of the molecule is CC(C)(C)OC(=O)N1CCCC(O)(c2c(Cl)cccc2Cl)C1. The summed E-state index contributed by atoms with van der Waals surface area (Å²) in [6, 6.07) is 5.10. The average molecular weight is 346 g/mol. The second-order valence-electron chi connectivity index (χ2n) is 6.63. The molecule has 1 unspecified atom stereocenters. The quantitative estimate of drug-likeness (QED) is 0.829. The van der Waals surface area contributed by atoms with Gasteiger partial charge in [-0.3, -0.25) is 0 Å². The molecule has 0 radical (unpaired) electrons. The van der Waals surface area contributed by atoms with Crippen LogP contribution >= 0.6 is 23.2 Å². The zero-order valence-electron chi connectivity index (χ0n) is 13.0. The van der Waals surface area contributed by atoms with Gasteiger partial charge in [-0.25, -0.2) is 4.79 Å². The Kier molecular flexibility index (Phi) is 4.95. The minimum Gasteiger partial charge on any atom is -0.444 e. The van der Waals surface area contributed by atoms with Crippen LogP contribution in [0.1, 0.15) is 39.2 Å². The van der Waals surface area contributed by atoms with E-state index in [2.05, 4.69) is 0 Å². The number of ether oxygens (including phenoxy) is 1. The largest absolute Gasteiger partial charge is 0.444 e. The lowest BCUT2D eigenvalue weighted by atomic mass is 9.85.